The maximum absolute atomic E-state index is 10.8. The third kappa shape index (κ3) is 5.33. The third-order valence-corrected chi connectivity index (χ3v) is 2.03. The van der Waals surface area contributed by atoms with Crippen LogP contribution in [0.1, 0.15) is 0 Å². The molecule has 0 fully saturated rings. The summed E-state index contributed by atoms with van der Waals surface area (Å²) in [4.78, 5) is 37.3. The van der Waals surface area contributed by atoms with Crippen molar-refractivity contribution in [3.8, 4) is 0 Å². The molecule has 0 saturated carbocycles. The molecule has 0 amide bonds. The normalized spacial score (nSPS) is 18.9. The zero-order valence-corrected chi connectivity index (χ0v) is 9.04. The molecule has 10 nitrogen and oxygen atoms in total. The van der Waals surface area contributed by atoms with Crippen LogP contribution in [0.5, 0.6) is 0 Å². The smallest absolute Gasteiger partial charge is 0.387 e. The Morgan fingerprint density at radius 1 is 1.12 bits per heavy atom. The summed E-state index contributed by atoms with van der Waals surface area (Å²) in [5.74, 6) is -1.91. The van der Waals surface area contributed by atoms with Crippen LogP contribution in [0.15, 0.2) is 0 Å². The van der Waals surface area contributed by atoms with Crippen LogP contribution in [0, 0.1) is 0 Å². The number of phosphoric acid groups is 1. The Morgan fingerprint density at radius 2 is 1.59 bits per heavy atom. The van der Waals surface area contributed by atoms with Crippen LogP contribution >= 0.6 is 7.82 Å². The lowest BCUT2D eigenvalue weighted by atomic mass is 10.0. The second-order valence-electron chi connectivity index (χ2n) is 2.95. The molecule has 0 saturated heterocycles. The lowest BCUT2D eigenvalue weighted by Gasteiger charge is -2.22. The highest BCUT2D eigenvalue weighted by Crippen LogP contribution is 2.36. The quantitative estimate of drug-likeness (QED) is 0.208. The molecule has 17 heavy (non-hydrogen) atoms. The van der Waals surface area contributed by atoms with E-state index in [-0.39, 0.29) is 6.29 Å². The molecule has 0 aromatic carbocycles. The van der Waals surface area contributed by atoms with E-state index in [0.29, 0.717) is 0 Å². The predicted octanol–water partition coefficient (Wildman–Crippen LogP) is -3.74. The summed E-state index contributed by atoms with van der Waals surface area (Å²) in [5, 5.41) is 35.9. The van der Waals surface area contributed by atoms with E-state index in [1.165, 1.54) is 0 Å². The Morgan fingerprint density at radius 3 is 1.94 bits per heavy atom. The fraction of sp³-hybridized carbons (Fsp3) is 0.667. The van der Waals surface area contributed by atoms with Crippen LogP contribution in [0.4, 0.5) is 0 Å². The monoisotopic (exact) mass is 274 g/mol. The number of aldehydes is 1. The Bertz CT molecular complexity index is 323. The van der Waals surface area contributed by atoms with Gasteiger partial charge in [0.25, 0.3) is 0 Å². The standard InChI is InChI=1S/C6H11O10P/c7-1-2(8)3(9)4(10)5(11)6(12)16-17(13,14)15/h1-5,8-11H,(H2,13,14,15)/t2-,3+,4-,5-/m0/s1. The van der Waals surface area contributed by atoms with Crippen molar-refractivity contribution < 1.29 is 48.9 Å². The number of phosphoric ester groups is 1. The molecule has 0 aliphatic rings. The average Bonchev–Trinajstić information content (AvgIpc) is 2.22. The number of carbonyl (C=O) groups is 2. The van der Waals surface area contributed by atoms with Gasteiger partial charge in [-0.15, -0.1) is 0 Å². The summed E-state index contributed by atoms with van der Waals surface area (Å²) in [6, 6.07) is 0. The second kappa shape index (κ2) is 6.17. The first-order valence-electron chi connectivity index (χ1n) is 4.06. The van der Waals surface area contributed by atoms with E-state index in [1.54, 1.807) is 0 Å². The molecule has 0 aliphatic carbocycles. The molecule has 0 heterocycles. The van der Waals surface area contributed by atoms with Crippen molar-refractivity contribution in [2.24, 2.45) is 0 Å². The first-order chi connectivity index (χ1) is 7.60. The van der Waals surface area contributed by atoms with Crippen molar-refractivity contribution in [2.45, 2.75) is 24.4 Å². The Balaban J connectivity index is 4.59. The van der Waals surface area contributed by atoms with Gasteiger partial charge in [0.15, 0.2) is 12.4 Å². The van der Waals surface area contributed by atoms with Gasteiger partial charge in [-0.25, -0.2) is 9.36 Å². The van der Waals surface area contributed by atoms with Crippen molar-refractivity contribution in [3.63, 3.8) is 0 Å². The maximum atomic E-state index is 10.8. The lowest BCUT2D eigenvalue weighted by molar-refractivity contribution is -0.162. The summed E-state index contributed by atoms with van der Waals surface area (Å²) in [6.45, 7) is 0. The first-order valence-corrected chi connectivity index (χ1v) is 5.59. The molecule has 0 bridgehead atoms. The van der Waals surface area contributed by atoms with Gasteiger partial charge >= 0.3 is 13.8 Å². The largest absolute Gasteiger partial charge is 0.527 e. The van der Waals surface area contributed by atoms with Crippen LogP contribution in [-0.2, 0) is 18.7 Å². The van der Waals surface area contributed by atoms with E-state index in [0.717, 1.165) is 0 Å². The molecule has 100 valence electrons. The fourth-order valence-electron chi connectivity index (χ4n) is 0.780. The minimum Gasteiger partial charge on any atom is -0.387 e. The average molecular weight is 274 g/mol. The highest BCUT2D eigenvalue weighted by atomic mass is 31.2. The zero-order valence-electron chi connectivity index (χ0n) is 8.15. The Hall–Kier alpha value is -0.870. The Labute approximate surface area is 94.3 Å². The number of hydrogen-bond acceptors (Lipinski definition) is 8. The van der Waals surface area contributed by atoms with Gasteiger partial charge in [0, 0.05) is 0 Å². The zero-order chi connectivity index (χ0) is 13.8. The van der Waals surface area contributed by atoms with Gasteiger partial charge in [0.1, 0.15) is 18.3 Å². The number of hydrogen-bond donors (Lipinski definition) is 6. The van der Waals surface area contributed by atoms with Gasteiger partial charge in [-0.05, 0) is 0 Å². The van der Waals surface area contributed by atoms with Crippen LogP contribution in [0.2, 0.25) is 0 Å². The van der Waals surface area contributed by atoms with Crippen LogP contribution < -0.4 is 0 Å². The van der Waals surface area contributed by atoms with Crippen LogP contribution in [0.25, 0.3) is 0 Å². The van der Waals surface area contributed by atoms with Crippen molar-refractivity contribution in [2.75, 3.05) is 0 Å². The van der Waals surface area contributed by atoms with E-state index in [1.807, 2.05) is 0 Å². The van der Waals surface area contributed by atoms with Crippen molar-refractivity contribution in [3.05, 3.63) is 0 Å². The van der Waals surface area contributed by atoms with Gasteiger partial charge in [0.2, 0.25) is 0 Å². The second-order valence-corrected chi connectivity index (χ2v) is 4.12. The molecule has 0 spiro atoms. The number of aliphatic hydroxyl groups excluding tert-OH is 4. The van der Waals surface area contributed by atoms with Gasteiger partial charge in [-0.3, -0.25) is 9.79 Å². The highest BCUT2D eigenvalue weighted by Gasteiger charge is 2.37. The summed E-state index contributed by atoms with van der Waals surface area (Å²) >= 11 is 0. The molecular formula is C6H11O10P. The van der Waals surface area contributed by atoms with Crippen molar-refractivity contribution >= 4 is 20.1 Å². The molecule has 0 aliphatic heterocycles. The van der Waals surface area contributed by atoms with E-state index < -0.39 is 38.2 Å². The molecule has 0 unspecified atom stereocenters. The maximum Gasteiger partial charge on any atom is 0.527 e. The minimum absolute atomic E-state index is 0.172. The topological polar surface area (TPSA) is 182 Å². The fourth-order valence-corrected chi connectivity index (χ4v) is 1.12. The first kappa shape index (κ1) is 16.1. The van der Waals surface area contributed by atoms with Gasteiger partial charge in [-0.2, -0.15) is 0 Å². The highest BCUT2D eigenvalue weighted by molar-refractivity contribution is 7.46. The summed E-state index contributed by atoms with van der Waals surface area (Å²) < 4.78 is 13.6. The number of rotatable bonds is 6. The van der Waals surface area contributed by atoms with Gasteiger partial charge in [0.05, 0.1) is 0 Å². The molecule has 11 heteroatoms. The molecule has 0 radical (unpaired) electrons. The molecule has 4 atom stereocenters. The van der Waals surface area contributed by atoms with Gasteiger partial charge < -0.3 is 29.7 Å². The van der Waals surface area contributed by atoms with Crippen molar-refractivity contribution in [1.29, 1.82) is 0 Å². The number of aliphatic hydroxyl groups is 4. The van der Waals surface area contributed by atoms with Crippen LogP contribution in [0.3, 0.4) is 0 Å². The summed E-state index contributed by atoms with van der Waals surface area (Å²) in [7, 11) is -5.21. The molecule has 0 aromatic heterocycles. The molecule has 6 N–H and O–H groups in total. The van der Waals surface area contributed by atoms with Crippen LogP contribution in [-0.4, -0.2) is 66.9 Å². The Kier molecular flexibility index (Phi) is 5.85. The van der Waals surface area contributed by atoms with E-state index in [2.05, 4.69) is 4.52 Å². The van der Waals surface area contributed by atoms with E-state index >= 15 is 0 Å². The molecule has 0 rings (SSSR count). The SMILES string of the molecule is O=C[C@H](O)[C@@H](O)[C@H](O)[C@H](O)C(=O)OP(=O)(O)O. The molecule has 0 aromatic rings. The van der Waals surface area contributed by atoms with E-state index in [4.69, 9.17) is 30.2 Å². The molecular weight excluding hydrogens is 263 g/mol. The van der Waals surface area contributed by atoms with Gasteiger partial charge in [-0.1, -0.05) is 0 Å². The summed E-state index contributed by atoms with van der Waals surface area (Å²) in [6.07, 6.45) is -9.36. The van der Waals surface area contributed by atoms with E-state index in [9.17, 15) is 14.2 Å². The van der Waals surface area contributed by atoms with Crippen molar-refractivity contribution in [1.82, 2.24) is 0 Å². The lowest BCUT2D eigenvalue weighted by Crippen LogP contribution is -2.48. The minimum atomic E-state index is -5.21. The number of carbonyl (C=O) groups excluding carboxylic acids is 2. The summed E-state index contributed by atoms with van der Waals surface area (Å²) in [5.41, 5.74) is 0. The predicted molar refractivity (Wildman–Crippen MR) is 48.2 cm³/mol. The third-order valence-electron chi connectivity index (χ3n) is 1.61.